The third kappa shape index (κ3) is 4.15. The number of hydrogen-bond acceptors (Lipinski definition) is 7. The van der Waals surface area contributed by atoms with Crippen molar-refractivity contribution < 1.29 is 9.13 Å². The molecule has 10 heteroatoms. The summed E-state index contributed by atoms with van der Waals surface area (Å²) >= 11 is 1.21. The molecule has 8 nitrogen and oxygen atoms in total. The highest BCUT2D eigenvalue weighted by atomic mass is 32.2. The fourth-order valence-corrected chi connectivity index (χ4v) is 4.31. The third-order valence-electron chi connectivity index (χ3n) is 5.10. The number of para-hydroxylation sites is 1. The molecule has 0 saturated carbocycles. The molecule has 0 aliphatic carbocycles. The molecular formula is C24H19FN6O2S. The second kappa shape index (κ2) is 9.44. The number of nitrogens with zero attached hydrogens (tertiary/aromatic N) is 6. The minimum absolute atomic E-state index is 0.131. The van der Waals surface area contributed by atoms with Gasteiger partial charge in [-0.1, -0.05) is 41.2 Å². The molecule has 0 atom stereocenters. The normalized spacial score (nSPS) is 11.1. The number of ether oxygens (including phenoxy) is 1. The molecule has 170 valence electrons. The molecule has 0 N–H and O–H groups in total. The van der Waals surface area contributed by atoms with Crippen molar-refractivity contribution in [2.24, 2.45) is 0 Å². The summed E-state index contributed by atoms with van der Waals surface area (Å²) in [6.45, 7) is 2.47. The van der Waals surface area contributed by atoms with Gasteiger partial charge in [-0.3, -0.25) is 9.36 Å². The molecule has 0 bridgehead atoms. The minimum atomic E-state index is -0.418. The Bertz CT molecular complexity index is 1520. The summed E-state index contributed by atoms with van der Waals surface area (Å²) in [5, 5.41) is 17.6. The van der Waals surface area contributed by atoms with Gasteiger partial charge >= 0.3 is 0 Å². The number of halogens is 1. The predicted molar refractivity (Wildman–Crippen MR) is 128 cm³/mol. The van der Waals surface area contributed by atoms with Crippen LogP contribution in [-0.2, 0) is 5.88 Å². The van der Waals surface area contributed by atoms with Gasteiger partial charge in [-0.15, -0.1) is 15.3 Å². The van der Waals surface area contributed by atoms with E-state index in [-0.39, 0.29) is 11.4 Å². The van der Waals surface area contributed by atoms with E-state index in [2.05, 4.69) is 20.5 Å². The van der Waals surface area contributed by atoms with Gasteiger partial charge in [0.15, 0.2) is 11.0 Å². The van der Waals surface area contributed by atoms with Gasteiger partial charge in [0.25, 0.3) is 5.56 Å². The SMILES string of the molecule is CCOc1ccc(-c2nnc(SCn3nnc4ccccc4c3=O)n2-c2ccccc2F)cc1. The van der Waals surface area contributed by atoms with E-state index in [9.17, 15) is 9.18 Å². The van der Waals surface area contributed by atoms with E-state index in [0.717, 1.165) is 11.3 Å². The van der Waals surface area contributed by atoms with E-state index in [0.29, 0.717) is 34.2 Å². The Hall–Kier alpha value is -4.05. The van der Waals surface area contributed by atoms with Crippen molar-refractivity contribution in [1.29, 1.82) is 0 Å². The molecule has 34 heavy (non-hydrogen) atoms. The fraction of sp³-hybridized carbons (Fsp3) is 0.125. The first-order chi connectivity index (χ1) is 16.7. The van der Waals surface area contributed by atoms with Crippen LogP contribution in [0.4, 0.5) is 4.39 Å². The minimum Gasteiger partial charge on any atom is -0.494 e. The second-order valence-corrected chi connectivity index (χ2v) is 8.15. The first-order valence-corrected chi connectivity index (χ1v) is 11.5. The number of rotatable bonds is 7. The van der Waals surface area contributed by atoms with Gasteiger partial charge in [-0.05, 0) is 55.5 Å². The summed E-state index contributed by atoms with van der Waals surface area (Å²) in [5.74, 6) is 0.908. The molecule has 0 fully saturated rings. The van der Waals surface area contributed by atoms with Gasteiger partial charge in [0.2, 0.25) is 0 Å². The Labute approximate surface area is 198 Å². The molecule has 3 aromatic carbocycles. The summed E-state index contributed by atoms with van der Waals surface area (Å²) < 4.78 is 23.2. The molecule has 0 spiro atoms. The lowest BCUT2D eigenvalue weighted by Crippen LogP contribution is -2.23. The van der Waals surface area contributed by atoms with Crippen molar-refractivity contribution in [3.63, 3.8) is 0 Å². The van der Waals surface area contributed by atoms with Gasteiger partial charge in [0.1, 0.15) is 17.1 Å². The van der Waals surface area contributed by atoms with Crippen molar-refractivity contribution in [3.05, 3.63) is 89.0 Å². The van der Waals surface area contributed by atoms with Crippen LogP contribution in [0.15, 0.2) is 82.7 Å². The lowest BCUT2D eigenvalue weighted by atomic mass is 10.2. The molecule has 5 aromatic rings. The topological polar surface area (TPSA) is 87.7 Å². The second-order valence-electron chi connectivity index (χ2n) is 7.24. The molecule has 2 aromatic heterocycles. The maximum Gasteiger partial charge on any atom is 0.278 e. The number of benzene rings is 3. The maximum absolute atomic E-state index is 14.8. The Kier molecular flexibility index (Phi) is 6.05. The van der Waals surface area contributed by atoms with Gasteiger partial charge in [0, 0.05) is 5.56 Å². The zero-order valence-corrected chi connectivity index (χ0v) is 18.9. The number of thioether (sulfide) groups is 1. The van der Waals surface area contributed by atoms with Crippen molar-refractivity contribution >= 4 is 22.7 Å². The summed E-state index contributed by atoms with van der Waals surface area (Å²) in [5.41, 5.74) is 1.31. The zero-order chi connectivity index (χ0) is 23.5. The average Bonchev–Trinajstić information content (AvgIpc) is 3.28. The zero-order valence-electron chi connectivity index (χ0n) is 18.1. The van der Waals surface area contributed by atoms with E-state index >= 15 is 0 Å². The lowest BCUT2D eigenvalue weighted by molar-refractivity contribution is 0.340. The quantitative estimate of drug-likeness (QED) is 0.325. The smallest absolute Gasteiger partial charge is 0.278 e. The molecule has 0 saturated heterocycles. The first kappa shape index (κ1) is 21.8. The third-order valence-corrected chi connectivity index (χ3v) is 5.99. The summed E-state index contributed by atoms with van der Waals surface area (Å²) in [6.07, 6.45) is 0. The van der Waals surface area contributed by atoms with Crippen LogP contribution in [0.25, 0.3) is 28.0 Å². The van der Waals surface area contributed by atoms with Gasteiger partial charge in [-0.25, -0.2) is 4.39 Å². The molecule has 0 unspecified atom stereocenters. The molecular weight excluding hydrogens is 455 g/mol. The van der Waals surface area contributed by atoms with E-state index < -0.39 is 5.82 Å². The number of aromatic nitrogens is 6. The van der Waals surface area contributed by atoms with Gasteiger partial charge in [0.05, 0.1) is 23.6 Å². The number of fused-ring (bicyclic) bond motifs is 1. The molecule has 0 amide bonds. The summed E-state index contributed by atoms with van der Waals surface area (Å²) in [6, 6.07) is 20.8. The predicted octanol–water partition coefficient (Wildman–Crippen LogP) is 4.33. The van der Waals surface area contributed by atoms with Crippen LogP contribution in [0, 0.1) is 5.82 Å². The summed E-state index contributed by atoms with van der Waals surface area (Å²) in [7, 11) is 0. The van der Waals surface area contributed by atoms with Crippen LogP contribution in [0.5, 0.6) is 5.75 Å². The Morgan fingerprint density at radius 3 is 2.50 bits per heavy atom. The van der Waals surface area contributed by atoms with Crippen molar-refractivity contribution in [1.82, 2.24) is 29.8 Å². The maximum atomic E-state index is 14.8. The molecule has 0 aliphatic rings. The van der Waals surface area contributed by atoms with Crippen molar-refractivity contribution in [3.8, 4) is 22.8 Å². The number of hydrogen-bond donors (Lipinski definition) is 0. The first-order valence-electron chi connectivity index (χ1n) is 10.5. The Morgan fingerprint density at radius 2 is 1.71 bits per heavy atom. The average molecular weight is 475 g/mol. The van der Waals surface area contributed by atoms with E-state index in [1.165, 1.54) is 22.5 Å². The lowest BCUT2D eigenvalue weighted by Gasteiger charge is -2.12. The molecule has 5 rings (SSSR count). The van der Waals surface area contributed by atoms with E-state index in [1.54, 1.807) is 47.0 Å². The fourth-order valence-electron chi connectivity index (χ4n) is 3.49. The highest BCUT2D eigenvalue weighted by Crippen LogP contribution is 2.30. The van der Waals surface area contributed by atoms with Crippen LogP contribution in [0.2, 0.25) is 0 Å². The van der Waals surface area contributed by atoms with Gasteiger partial charge in [-0.2, -0.15) is 4.68 Å². The van der Waals surface area contributed by atoms with Crippen molar-refractivity contribution in [2.45, 2.75) is 18.0 Å². The van der Waals surface area contributed by atoms with Gasteiger partial charge < -0.3 is 4.74 Å². The van der Waals surface area contributed by atoms with E-state index in [1.807, 2.05) is 31.2 Å². The highest BCUT2D eigenvalue weighted by molar-refractivity contribution is 7.98. The van der Waals surface area contributed by atoms with Crippen LogP contribution in [0.3, 0.4) is 0 Å². The molecule has 2 heterocycles. The standard InChI is InChI=1S/C24H19FN6O2S/c1-2-33-17-13-11-16(12-14-17)22-27-28-24(31(22)21-10-6-4-8-19(21)25)34-15-30-23(32)18-7-3-5-9-20(18)26-29-30/h3-14H,2,15H2,1H3. The van der Waals surface area contributed by atoms with Crippen LogP contribution in [-0.4, -0.2) is 36.4 Å². The van der Waals surface area contributed by atoms with Crippen molar-refractivity contribution in [2.75, 3.05) is 6.61 Å². The monoisotopic (exact) mass is 474 g/mol. The Morgan fingerprint density at radius 1 is 0.941 bits per heavy atom. The highest BCUT2D eigenvalue weighted by Gasteiger charge is 2.19. The molecule has 0 radical (unpaired) electrons. The van der Waals surface area contributed by atoms with Crippen LogP contribution in [0.1, 0.15) is 6.92 Å². The molecule has 0 aliphatic heterocycles. The van der Waals surface area contributed by atoms with Crippen LogP contribution >= 0.6 is 11.8 Å². The summed E-state index contributed by atoms with van der Waals surface area (Å²) in [4.78, 5) is 12.8. The van der Waals surface area contributed by atoms with Crippen LogP contribution < -0.4 is 10.3 Å². The Balaban J connectivity index is 1.53. The van der Waals surface area contributed by atoms with E-state index in [4.69, 9.17) is 4.74 Å². The largest absolute Gasteiger partial charge is 0.494 e.